The monoisotopic (exact) mass is 564 g/mol. The van der Waals surface area contributed by atoms with Gasteiger partial charge < -0.3 is 0 Å². The van der Waals surface area contributed by atoms with Crippen molar-refractivity contribution in [3.8, 4) is 11.1 Å². The van der Waals surface area contributed by atoms with Gasteiger partial charge in [0.25, 0.3) is 0 Å². The number of hydrogen-bond donors (Lipinski definition) is 0. The molecule has 0 spiro atoms. The van der Waals surface area contributed by atoms with Crippen molar-refractivity contribution in [1.82, 2.24) is 0 Å². The van der Waals surface area contributed by atoms with Crippen molar-refractivity contribution in [2.75, 3.05) is 0 Å². The molecule has 4 aliphatic rings. The number of halogens is 1. The van der Waals surface area contributed by atoms with Gasteiger partial charge in [-0.05, 0) is 96.2 Å². The lowest BCUT2D eigenvalue weighted by atomic mass is 9.99. The molecule has 212 valence electrons. The van der Waals surface area contributed by atoms with Crippen molar-refractivity contribution in [3.05, 3.63) is 48.3 Å². The molecule has 4 saturated carbocycles. The Morgan fingerprint density at radius 1 is 0.436 bits per heavy atom. The molecule has 0 amide bonds. The second kappa shape index (κ2) is 13.9. The highest BCUT2D eigenvalue weighted by atomic mass is 31.1. The van der Waals surface area contributed by atoms with E-state index in [1.54, 1.807) is 11.4 Å². The molecule has 3 heteroatoms. The third-order valence-electron chi connectivity index (χ3n) is 10.6. The minimum atomic E-state index is -0.346. The zero-order chi connectivity index (χ0) is 26.4. The first-order valence-corrected chi connectivity index (χ1v) is 19.7. The fourth-order valence-electron chi connectivity index (χ4n) is 8.72. The summed E-state index contributed by atoms with van der Waals surface area (Å²) >= 11 is 0. The van der Waals surface area contributed by atoms with Gasteiger partial charge in [0.15, 0.2) is 0 Å². The highest BCUT2D eigenvalue weighted by molar-refractivity contribution is 7.68. The van der Waals surface area contributed by atoms with E-state index in [1.807, 2.05) is 0 Å². The van der Waals surface area contributed by atoms with Crippen molar-refractivity contribution in [1.29, 1.82) is 0 Å². The van der Waals surface area contributed by atoms with Crippen LogP contribution in [0.15, 0.2) is 42.5 Å². The smallest absolute Gasteiger partial charge is 0.131 e. The van der Waals surface area contributed by atoms with E-state index in [0.29, 0.717) is 0 Å². The molecule has 0 aromatic heterocycles. The summed E-state index contributed by atoms with van der Waals surface area (Å²) in [4.78, 5) is 0. The lowest BCUT2D eigenvalue weighted by Gasteiger charge is -2.41. The van der Waals surface area contributed by atoms with Crippen molar-refractivity contribution in [2.24, 2.45) is 0 Å². The van der Waals surface area contributed by atoms with Crippen molar-refractivity contribution < 1.29 is 4.39 Å². The molecule has 39 heavy (non-hydrogen) atoms. The molecular weight excluding hydrogens is 513 g/mol. The van der Waals surface area contributed by atoms with Crippen LogP contribution in [0, 0.1) is 5.82 Å². The normalized spacial score (nSPS) is 23.1. The number of rotatable bonds is 7. The van der Waals surface area contributed by atoms with Crippen LogP contribution in [-0.4, -0.2) is 22.6 Å². The molecule has 0 nitrogen and oxygen atoms in total. The average molecular weight is 565 g/mol. The van der Waals surface area contributed by atoms with Gasteiger partial charge >= 0.3 is 0 Å². The molecule has 0 atom stereocenters. The van der Waals surface area contributed by atoms with Gasteiger partial charge in [0.2, 0.25) is 0 Å². The topological polar surface area (TPSA) is 0 Å². The first-order chi connectivity index (χ1) is 19.3. The minimum Gasteiger partial charge on any atom is -0.206 e. The van der Waals surface area contributed by atoms with Crippen LogP contribution in [0.2, 0.25) is 0 Å². The standard InChI is InChI=1S/C36H51FP2/c37-33-25-15-27-35(39(30-20-9-3-10-21-30)31-22-11-4-12-23-31)36(33)32-24-13-14-26-34(32)38(28-16-5-1-6-17-28)29-18-7-2-8-19-29/h13-15,24-31H,1-12,16-23H2. The van der Waals surface area contributed by atoms with Crippen LogP contribution < -0.4 is 10.6 Å². The van der Waals surface area contributed by atoms with E-state index in [-0.39, 0.29) is 21.7 Å². The maximum atomic E-state index is 16.4. The molecule has 0 aliphatic heterocycles. The molecule has 4 aliphatic carbocycles. The zero-order valence-electron chi connectivity index (χ0n) is 24.3. The molecule has 0 unspecified atom stereocenters. The highest BCUT2D eigenvalue weighted by Gasteiger charge is 2.37. The summed E-state index contributed by atoms with van der Waals surface area (Å²) in [6.45, 7) is 0. The summed E-state index contributed by atoms with van der Waals surface area (Å²) in [6, 6.07) is 15.5. The zero-order valence-corrected chi connectivity index (χ0v) is 26.1. The predicted molar refractivity (Wildman–Crippen MR) is 172 cm³/mol. The Morgan fingerprint density at radius 2 is 0.821 bits per heavy atom. The van der Waals surface area contributed by atoms with Crippen LogP contribution >= 0.6 is 15.8 Å². The van der Waals surface area contributed by atoms with Crippen LogP contribution in [0.1, 0.15) is 128 Å². The van der Waals surface area contributed by atoms with E-state index >= 15 is 4.39 Å². The second-order valence-electron chi connectivity index (χ2n) is 13.1. The maximum Gasteiger partial charge on any atom is 0.131 e. The largest absolute Gasteiger partial charge is 0.206 e. The Bertz CT molecular complexity index is 1010. The van der Waals surface area contributed by atoms with Gasteiger partial charge in [-0.1, -0.05) is 129 Å². The Balaban J connectivity index is 1.46. The molecule has 0 N–H and O–H groups in total. The fraction of sp³-hybridized carbons (Fsp3) is 0.667. The summed E-state index contributed by atoms with van der Waals surface area (Å²) in [5.74, 6) is 0.0568. The first-order valence-electron chi connectivity index (χ1n) is 16.8. The highest BCUT2D eigenvalue weighted by Crippen LogP contribution is 2.59. The van der Waals surface area contributed by atoms with Gasteiger partial charge in [-0.3, -0.25) is 0 Å². The Kier molecular flexibility index (Phi) is 10.1. The minimum absolute atomic E-state index is 0.0568. The summed E-state index contributed by atoms with van der Waals surface area (Å²) in [5.41, 5.74) is 5.60. The molecule has 6 rings (SSSR count). The van der Waals surface area contributed by atoms with Crippen LogP contribution in [-0.2, 0) is 0 Å². The van der Waals surface area contributed by atoms with Crippen molar-refractivity contribution in [2.45, 2.75) is 151 Å². The third kappa shape index (κ3) is 6.51. The van der Waals surface area contributed by atoms with E-state index in [2.05, 4.69) is 36.4 Å². The van der Waals surface area contributed by atoms with Crippen LogP contribution in [0.4, 0.5) is 4.39 Å². The molecule has 0 saturated heterocycles. The average Bonchev–Trinajstić information content (AvgIpc) is 3.00. The summed E-state index contributed by atoms with van der Waals surface area (Å²) < 4.78 is 16.4. The summed E-state index contributed by atoms with van der Waals surface area (Å²) in [5, 5.41) is 3.01. The van der Waals surface area contributed by atoms with E-state index in [4.69, 9.17) is 0 Å². The summed E-state index contributed by atoms with van der Waals surface area (Å²) in [6.07, 6.45) is 27.8. The van der Waals surface area contributed by atoms with Gasteiger partial charge in [-0.2, -0.15) is 0 Å². The molecule has 2 aromatic carbocycles. The molecule has 0 radical (unpaired) electrons. The molecule has 0 bridgehead atoms. The second-order valence-corrected chi connectivity index (χ2v) is 18.6. The van der Waals surface area contributed by atoms with Crippen LogP contribution in [0.25, 0.3) is 11.1 Å². The van der Waals surface area contributed by atoms with Gasteiger partial charge in [0, 0.05) is 5.56 Å². The first kappa shape index (κ1) is 28.4. The quantitative estimate of drug-likeness (QED) is 0.293. The van der Waals surface area contributed by atoms with Gasteiger partial charge in [0.1, 0.15) is 5.82 Å². The van der Waals surface area contributed by atoms with Crippen molar-refractivity contribution >= 4 is 26.5 Å². The van der Waals surface area contributed by atoms with Crippen LogP contribution in [0.3, 0.4) is 0 Å². The van der Waals surface area contributed by atoms with Crippen molar-refractivity contribution in [3.63, 3.8) is 0 Å². The Morgan fingerprint density at radius 3 is 1.28 bits per heavy atom. The van der Waals surface area contributed by atoms with Gasteiger partial charge in [0.05, 0.1) is 0 Å². The predicted octanol–water partition coefficient (Wildman–Crippen LogP) is 11.0. The lowest BCUT2D eigenvalue weighted by Crippen LogP contribution is -2.30. The van der Waals surface area contributed by atoms with E-state index in [1.165, 1.54) is 139 Å². The molecule has 4 fully saturated rings. The Hall–Kier alpha value is -0.770. The fourth-order valence-corrected chi connectivity index (χ4v) is 16.6. The van der Waals surface area contributed by atoms with Gasteiger partial charge in [-0.15, -0.1) is 0 Å². The van der Waals surface area contributed by atoms with E-state index < -0.39 is 0 Å². The molecule has 2 aromatic rings. The number of hydrogen-bond acceptors (Lipinski definition) is 0. The lowest BCUT2D eigenvalue weighted by molar-refractivity contribution is 0.487. The SMILES string of the molecule is Fc1cccc(P(C2CCCCC2)C2CCCCC2)c1-c1ccccc1P(C1CCCCC1)C1CCCCC1. The van der Waals surface area contributed by atoms with Gasteiger partial charge in [-0.25, -0.2) is 4.39 Å². The molecule has 0 heterocycles. The third-order valence-corrected chi connectivity index (χ3v) is 17.7. The number of benzene rings is 2. The Labute approximate surface area is 240 Å². The molecular formula is C36H51FP2. The van der Waals surface area contributed by atoms with E-state index in [9.17, 15) is 0 Å². The summed E-state index contributed by atoms with van der Waals surface area (Å²) in [7, 11) is -0.615. The van der Waals surface area contributed by atoms with Crippen LogP contribution in [0.5, 0.6) is 0 Å². The maximum absolute atomic E-state index is 16.4. The van der Waals surface area contributed by atoms with E-state index in [0.717, 1.165) is 28.2 Å².